The number of rotatable bonds is 6. The van der Waals surface area contributed by atoms with Crippen molar-refractivity contribution in [3.63, 3.8) is 0 Å². The Kier molecular flexibility index (Phi) is 6.32. The quantitative estimate of drug-likeness (QED) is 0.851. The summed E-state index contributed by atoms with van der Waals surface area (Å²) in [6.45, 7) is 7.58. The lowest BCUT2D eigenvalue weighted by Crippen LogP contribution is -2.41. The van der Waals surface area contributed by atoms with E-state index in [0.29, 0.717) is 17.7 Å². The summed E-state index contributed by atoms with van der Waals surface area (Å²) in [6, 6.07) is 1.38. The highest BCUT2D eigenvalue weighted by atomic mass is 16.6. The predicted molar refractivity (Wildman–Crippen MR) is 95.1 cm³/mol. The Morgan fingerprint density at radius 2 is 2.04 bits per heavy atom. The molecule has 0 saturated heterocycles. The Labute approximate surface area is 152 Å². The van der Waals surface area contributed by atoms with Gasteiger partial charge in [-0.1, -0.05) is 6.92 Å². The maximum absolute atomic E-state index is 12.3. The Hall–Kier alpha value is -2.90. The molecule has 0 saturated carbocycles. The van der Waals surface area contributed by atoms with E-state index in [0.717, 1.165) is 0 Å². The van der Waals surface area contributed by atoms with Gasteiger partial charge in [-0.25, -0.2) is 9.78 Å². The monoisotopic (exact) mass is 360 g/mol. The minimum absolute atomic E-state index is 0.224. The van der Waals surface area contributed by atoms with Crippen LogP contribution in [-0.4, -0.2) is 44.8 Å². The molecule has 0 unspecified atom stereocenters. The first-order chi connectivity index (χ1) is 12.3. The maximum Gasteiger partial charge on any atom is 0.407 e. The summed E-state index contributed by atoms with van der Waals surface area (Å²) in [5, 5.41) is 2.77. The molecule has 26 heavy (non-hydrogen) atoms. The maximum atomic E-state index is 12.3. The van der Waals surface area contributed by atoms with Crippen molar-refractivity contribution in [3.05, 3.63) is 42.7 Å². The molecule has 8 nitrogen and oxygen atoms in total. The molecule has 1 amide bonds. The first-order valence-corrected chi connectivity index (χ1v) is 8.38. The van der Waals surface area contributed by atoms with Gasteiger partial charge in [-0.3, -0.25) is 14.3 Å². The number of carbonyl (C=O) groups excluding carboxylic acids is 2. The molecule has 0 fully saturated rings. The second-order valence-electron chi connectivity index (χ2n) is 6.75. The summed E-state index contributed by atoms with van der Waals surface area (Å²) in [6.07, 6.45) is 7.67. The molecule has 1 atom stereocenters. The van der Waals surface area contributed by atoms with Crippen molar-refractivity contribution in [2.75, 3.05) is 6.61 Å². The van der Waals surface area contributed by atoms with Crippen molar-refractivity contribution in [3.8, 4) is 5.75 Å². The zero-order chi connectivity index (χ0) is 19.2. The average molecular weight is 360 g/mol. The van der Waals surface area contributed by atoms with Crippen LogP contribution in [-0.2, 0) is 4.74 Å². The number of nitrogens with one attached hydrogen (secondary N) is 1. The molecule has 2 aromatic rings. The molecule has 1 N–H and O–H groups in total. The Morgan fingerprint density at radius 1 is 1.27 bits per heavy atom. The van der Waals surface area contributed by atoms with Crippen molar-refractivity contribution in [1.82, 2.24) is 19.9 Å². The van der Waals surface area contributed by atoms with Crippen molar-refractivity contribution in [1.29, 1.82) is 0 Å². The first-order valence-electron chi connectivity index (χ1n) is 8.38. The molecule has 2 heterocycles. The fourth-order valence-electron chi connectivity index (χ4n) is 2.08. The van der Waals surface area contributed by atoms with Crippen LogP contribution < -0.4 is 10.1 Å². The third kappa shape index (κ3) is 5.87. The number of ether oxygens (including phenoxy) is 2. The standard InChI is InChI=1S/C18H24N4O4/c1-5-14(21-17(24)26-18(2,3)4)11-25-15-8-13(9-20-10-15)16(23)22-7-6-19-12-22/h6-10,12,14H,5,11H2,1-4H3,(H,21,24)/t14-/m0/s1. The van der Waals surface area contributed by atoms with E-state index in [-0.39, 0.29) is 18.6 Å². The van der Waals surface area contributed by atoms with E-state index >= 15 is 0 Å². The molecule has 8 heteroatoms. The largest absolute Gasteiger partial charge is 0.490 e. The minimum Gasteiger partial charge on any atom is -0.490 e. The van der Waals surface area contributed by atoms with Crippen LogP contribution in [0, 0.1) is 0 Å². The van der Waals surface area contributed by atoms with E-state index in [2.05, 4.69) is 15.3 Å². The lowest BCUT2D eigenvalue weighted by molar-refractivity contribution is 0.0486. The summed E-state index contributed by atoms with van der Waals surface area (Å²) in [5.41, 5.74) is -0.177. The average Bonchev–Trinajstić information content (AvgIpc) is 3.11. The highest BCUT2D eigenvalue weighted by molar-refractivity contribution is 5.95. The molecule has 0 aromatic carbocycles. The van der Waals surface area contributed by atoms with Gasteiger partial charge in [-0.2, -0.15) is 0 Å². The van der Waals surface area contributed by atoms with E-state index < -0.39 is 11.7 Å². The van der Waals surface area contributed by atoms with Crippen LogP contribution in [0.3, 0.4) is 0 Å². The molecule has 140 valence electrons. The summed E-state index contributed by atoms with van der Waals surface area (Å²) >= 11 is 0. The van der Waals surface area contributed by atoms with Crippen LogP contribution in [0.4, 0.5) is 4.79 Å². The number of hydrogen-bond acceptors (Lipinski definition) is 6. The van der Waals surface area contributed by atoms with Crippen molar-refractivity contribution < 1.29 is 19.1 Å². The van der Waals surface area contributed by atoms with Crippen LogP contribution in [0.25, 0.3) is 0 Å². The molecule has 0 aliphatic rings. The molecule has 0 aliphatic carbocycles. The number of hydrogen-bond donors (Lipinski definition) is 1. The lowest BCUT2D eigenvalue weighted by Gasteiger charge is -2.23. The van der Waals surface area contributed by atoms with Gasteiger partial charge in [0, 0.05) is 18.6 Å². The van der Waals surface area contributed by atoms with E-state index in [4.69, 9.17) is 9.47 Å². The van der Waals surface area contributed by atoms with Crippen LogP contribution in [0.15, 0.2) is 37.2 Å². The molecule has 2 aromatic heterocycles. The minimum atomic E-state index is -0.560. The number of carbonyl (C=O) groups is 2. The van der Waals surface area contributed by atoms with E-state index in [1.54, 1.807) is 33.0 Å². The zero-order valence-electron chi connectivity index (χ0n) is 15.4. The number of pyridine rings is 1. The molecular formula is C18H24N4O4. The summed E-state index contributed by atoms with van der Waals surface area (Å²) < 4.78 is 12.3. The summed E-state index contributed by atoms with van der Waals surface area (Å²) in [4.78, 5) is 32.0. The normalized spacial score (nSPS) is 12.3. The summed E-state index contributed by atoms with van der Waals surface area (Å²) in [5.74, 6) is 0.194. The number of aromatic nitrogens is 3. The van der Waals surface area contributed by atoms with Crippen LogP contribution in [0.1, 0.15) is 44.5 Å². The fraction of sp³-hybridized carbons (Fsp3) is 0.444. The Balaban J connectivity index is 1.94. The van der Waals surface area contributed by atoms with Crippen molar-refractivity contribution in [2.45, 2.75) is 45.8 Å². The molecule has 0 radical (unpaired) electrons. The highest BCUT2D eigenvalue weighted by Gasteiger charge is 2.19. The number of alkyl carbamates (subject to hydrolysis) is 1. The van der Waals surface area contributed by atoms with Gasteiger partial charge < -0.3 is 14.8 Å². The SMILES string of the molecule is CC[C@@H](COc1cncc(C(=O)n2ccnc2)c1)NC(=O)OC(C)(C)C. The second-order valence-corrected chi connectivity index (χ2v) is 6.75. The highest BCUT2D eigenvalue weighted by Crippen LogP contribution is 2.13. The predicted octanol–water partition coefficient (Wildman–Crippen LogP) is 2.65. The molecule has 0 aliphatic heterocycles. The van der Waals surface area contributed by atoms with Crippen molar-refractivity contribution in [2.24, 2.45) is 0 Å². The number of nitrogens with zero attached hydrogens (tertiary/aromatic N) is 3. The van der Waals surface area contributed by atoms with Crippen LogP contribution in [0.2, 0.25) is 0 Å². The molecule has 0 spiro atoms. The van der Waals surface area contributed by atoms with E-state index in [1.165, 1.54) is 29.5 Å². The van der Waals surface area contributed by atoms with Crippen LogP contribution >= 0.6 is 0 Å². The first kappa shape index (κ1) is 19.4. The van der Waals surface area contributed by atoms with Gasteiger partial charge in [0.05, 0.1) is 17.8 Å². The van der Waals surface area contributed by atoms with Gasteiger partial charge in [-0.05, 0) is 33.3 Å². The molecule has 2 rings (SSSR count). The number of amides is 1. The van der Waals surface area contributed by atoms with Gasteiger partial charge in [0.2, 0.25) is 0 Å². The lowest BCUT2D eigenvalue weighted by atomic mass is 10.2. The molecule has 0 bridgehead atoms. The topological polar surface area (TPSA) is 95.3 Å². The van der Waals surface area contributed by atoms with Crippen LogP contribution in [0.5, 0.6) is 5.75 Å². The van der Waals surface area contributed by atoms with E-state index in [9.17, 15) is 9.59 Å². The molecular weight excluding hydrogens is 336 g/mol. The second kappa shape index (κ2) is 8.46. The smallest absolute Gasteiger partial charge is 0.407 e. The Bertz CT molecular complexity index is 738. The van der Waals surface area contributed by atoms with Crippen molar-refractivity contribution >= 4 is 12.0 Å². The third-order valence-electron chi connectivity index (χ3n) is 3.36. The van der Waals surface area contributed by atoms with Gasteiger partial charge in [0.15, 0.2) is 0 Å². The summed E-state index contributed by atoms with van der Waals surface area (Å²) in [7, 11) is 0. The zero-order valence-corrected chi connectivity index (χ0v) is 15.4. The van der Waals surface area contributed by atoms with Gasteiger partial charge in [0.25, 0.3) is 5.91 Å². The fourth-order valence-corrected chi connectivity index (χ4v) is 2.08. The van der Waals surface area contributed by atoms with Gasteiger partial charge in [-0.15, -0.1) is 0 Å². The van der Waals surface area contributed by atoms with Gasteiger partial charge >= 0.3 is 6.09 Å². The van der Waals surface area contributed by atoms with E-state index in [1.807, 2.05) is 6.92 Å². The Morgan fingerprint density at radius 3 is 2.65 bits per heavy atom. The van der Waals surface area contributed by atoms with Gasteiger partial charge in [0.1, 0.15) is 24.3 Å². The third-order valence-corrected chi connectivity index (χ3v) is 3.36. The number of imidazole rings is 1.